The fraction of sp³-hybridized carbons (Fsp3) is 0.462. The van der Waals surface area contributed by atoms with Gasteiger partial charge in [-0.2, -0.15) is 0 Å². The van der Waals surface area contributed by atoms with Crippen molar-refractivity contribution in [1.82, 2.24) is 5.32 Å². The third kappa shape index (κ3) is 4.79. The number of nitrogens with one attached hydrogen (secondary N) is 1. The molecule has 0 aliphatic carbocycles. The van der Waals surface area contributed by atoms with Crippen molar-refractivity contribution >= 4 is 5.97 Å². The lowest BCUT2D eigenvalue weighted by Crippen LogP contribution is -2.31. The van der Waals surface area contributed by atoms with Gasteiger partial charge in [0.05, 0.1) is 13.7 Å². The van der Waals surface area contributed by atoms with Crippen molar-refractivity contribution in [2.45, 2.75) is 13.0 Å². The minimum atomic E-state index is -0.593. The van der Waals surface area contributed by atoms with E-state index >= 15 is 0 Å². The van der Waals surface area contributed by atoms with E-state index in [-0.39, 0.29) is 6.54 Å². The smallest absolute Gasteiger partial charge is 0.327 e. The van der Waals surface area contributed by atoms with Crippen LogP contribution in [0.25, 0.3) is 10.4 Å². The Hall–Kier alpha value is -2.24. The number of carbonyl (C=O) groups is 1. The standard InChI is InChI=1S/C13H18N4O3/c1-3-20-11-6-4-10(5-7-11)12(13(18)19-2)15-8-9-16-17-14/h4-7,12,15H,3,8-9H2,1-2H3. The third-order valence-corrected chi connectivity index (χ3v) is 2.58. The number of rotatable bonds is 8. The topological polar surface area (TPSA) is 96.3 Å². The largest absolute Gasteiger partial charge is 0.494 e. The first-order chi connectivity index (χ1) is 9.72. The van der Waals surface area contributed by atoms with Crippen molar-refractivity contribution < 1.29 is 14.3 Å². The summed E-state index contributed by atoms with van der Waals surface area (Å²) in [5.74, 6) is 0.351. The molecule has 0 radical (unpaired) electrons. The number of hydrogen-bond acceptors (Lipinski definition) is 5. The van der Waals surface area contributed by atoms with Gasteiger partial charge >= 0.3 is 5.97 Å². The highest BCUT2D eigenvalue weighted by atomic mass is 16.5. The maximum atomic E-state index is 11.8. The zero-order valence-corrected chi connectivity index (χ0v) is 11.6. The van der Waals surface area contributed by atoms with Gasteiger partial charge in [-0.25, -0.2) is 4.79 Å². The Morgan fingerprint density at radius 1 is 1.45 bits per heavy atom. The monoisotopic (exact) mass is 278 g/mol. The van der Waals surface area contributed by atoms with Gasteiger partial charge in [0.2, 0.25) is 0 Å². The van der Waals surface area contributed by atoms with Gasteiger partial charge in [-0.05, 0) is 30.2 Å². The summed E-state index contributed by atoms with van der Waals surface area (Å²) in [5.41, 5.74) is 8.97. The molecule has 108 valence electrons. The molecule has 7 heteroatoms. The zero-order valence-electron chi connectivity index (χ0n) is 11.6. The first-order valence-electron chi connectivity index (χ1n) is 6.27. The highest BCUT2D eigenvalue weighted by molar-refractivity contribution is 5.77. The summed E-state index contributed by atoms with van der Waals surface area (Å²) >= 11 is 0. The molecule has 0 heterocycles. The molecule has 1 unspecified atom stereocenters. The lowest BCUT2D eigenvalue weighted by molar-refractivity contribution is -0.143. The third-order valence-electron chi connectivity index (χ3n) is 2.58. The fourth-order valence-corrected chi connectivity index (χ4v) is 1.68. The zero-order chi connectivity index (χ0) is 14.8. The predicted octanol–water partition coefficient (Wildman–Crippen LogP) is 2.20. The van der Waals surface area contributed by atoms with Crippen molar-refractivity contribution in [3.05, 3.63) is 40.3 Å². The Kier molecular flexibility index (Phi) is 6.95. The van der Waals surface area contributed by atoms with Crippen LogP contribution in [0.5, 0.6) is 5.75 Å². The Bertz CT molecular complexity index is 469. The van der Waals surface area contributed by atoms with E-state index in [0.717, 1.165) is 11.3 Å². The van der Waals surface area contributed by atoms with Gasteiger partial charge in [-0.3, -0.25) is 0 Å². The molecule has 0 aromatic heterocycles. The van der Waals surface area contributed by atoms with E-state index < -0.39 is 12.0 Å². The van der Waals surface area contributed by atoms with Gasteiger partial charge in [-0.15, -0.1) is 0 Å². The van der Waals surface area contributed by atoms with Gasteiger partial charge in [0.25, 0.3) is 0 Å². The minimum absolute atomic E-state index is 0.265. The molecular weight excluding hydrogens is 260 g/mol. The Labute approximate surface area is 117 Å². The van der Waals surface area contributed by atoms with E-state index in [9.17, 15) is 4.79 Å². The quantitative estimate of drug-likeness (QED) is 0.259. The second-order valence-corrected chi connectivity index (χ2v) is 3.87. The van der Waals surface area contributed by atoms with E-state index in [2.05, 4.69) is 15.3 Å². The molecule has 1 atom stereocenters. The maximum Gasteiger partial charge on any atom is 0.327 e. The SMILES string of the molecule is CCOc1ccc(C(NCCN=[N+]=[N-])C(=O)OC)cc1. The highest BCUT2D eigenvalue weighted by Crippen LogP contribution is 2.19. The van der Waals surface area contributed by atoms with Crippen molar-refractivity contribution in [3.63, 3.8) is 0 Å². The van der Waals surface area contributed by atoms with E-state index in [1.165, 1.54) is 7.11 Å². The summed E-state index contributed by atoms with van der Waals surface area (Å²) in [6.45, 7) is 3.14. The molecule has 20 heavy (non-hydrogen) atoms. The van der Waals surface area contributed by atoms with E-state index in [1.54, 1.807) is 24.3 Å². The molecule has 7 nitrogen and oxygen atoms in total. The predicted molar refractivity (Wildman–Crippen MR) is 74.4 cm³/mol. The van der Waals surface area contributed by atoms with Crippen molar-refractivity contribution in [2.75, 3.05) is 26.8 Å². The number of methoxy groups -OCH3 is 1. The van der Waals surface area contributed by atoms with E-state index in [1.807, 2.05) is 6.92 Å². The number of hydrogen-bond donors (Lipinski definition) is 1. The molecular formula is C13H18N4O3. The summed E-state index contributed by atoms with van der Waals surface area (Å²) in [5, 5.41) is 6.40. The Morgan fingerprint density at radius 3 is 2.70 bits per heavy atom. The van der Waals surface area contributed by atoms with Gasteiger partial charge in [-0.1, -0.05) is 17.2 Å². The molecule has 0 saturated carbocycles. The van der Waals surface area contributed by atoms with Crippen LogP contribution in [0.15, 0.2) is 29.4 Å². The molecule has 0 fully saturated rings. The molecule has 1 aromatic carbocycles. The number of benzene rings is 1. The summed E-state index contributed by atoms with van der Waals surface area (Å²) in [6.07, 6.45) is 0. The number of esters is 1. The first kappa shape index (κ1) is 15.8. The van der Waals surface area contributed by atoms with Crippen LogP contribution in [0.1, 0.15) is 18.5 Å². The van der Waals surface area contributed by atoms with E-state index in [4.69, 9.17) is 15.0 Å². The second-order valence-electron chi connectivity index (χ2n) is 3.87. The van der Waals surface area contributed by atoms with Crippen LogP contribution < -0.4 is 10.1 Å². The number of ether oxygens (including phenoxy) is 2. The lowest BCUT2D eigenvalue weighted by Gasteiger charge is -2.16. The Balaban J connectivity index is 2.75. The van der Waals surface area contributed by atoms with Crippen LogP contribution in [0.4, 0.5) is 0 Å². The summed E-state index contributed by atoms with van der Waals surface area (Å²) in [4.78, 5) is 14.4. The van der Waals surface area contributed by atoms with Crippen LogP contribution in [-0.4, -0.2) is 32.8 Å². The molecule has 0 aliphatic heterocycles. The molecule has 0 bridgehead atoms. The molecule has 0 saturated heterocycles. The maximum absolute atomic E-state index is 11.8. The van der Waals surface area contributed by atoms with Crippen molar-refractivity contribution in [3.8, 4) is 5.75 Å². The van der Waals surface area contributed by atoms with Crippen LogP contribution >= 0.6 is 0 Å². The highest BCUT2D eigenvalue weighted by Gasteiger charge is 2.20. The molecule has 0 aliphatic rings. The average Bonchev–Trinajstić information content (AvgIpc) is 2.48. The minimum Gasteiger partial charge on any atom is -0.494 e. The van der Waals surface area contributed by atoms with Crippen LogP contribution in [0, 0.1) is 0 Å². The van der Waals surface area contributed by atoms with E-state index in [0.29, 0.717) is 13.2 Å². The van der Waals surface area contributed by atoms with Crippen LogP contribution in [0.2, 0.25) is 0 Å². The van der Waals surface area contributed by atoms with Crippen LogP contribution in [-0.2, 0) is 9.53 Å². The number of nitrogens with zero attached hydrogens (tertiary/aromatic N) is 3. The Morgan fingerprint density at radius 2 is 2.15 bits per heavy atom. The van der Waals surface area contributed by atoms with Gasteiger partial charge in [0, 0.05) is 18.0 Å². The van der Waals surface area contributed by atoms with Crippen molar-refractivity contribution in [1.29, 1.82) is 0 Å². The molecule has 1 rings (SSSR count). The fourth-order valence-electron chi connectivity index (χ4n) is 1.68. The van der Waals surface area contributed by atoms with Gasteiger partial charge in [0.15, 0.2) is 0 Å². The summed E-state index contributed by atoms with van der Waals surface area (Å²) < 4.78 is 10.1. The second kappa shape index (κ2) is 8.79. The summed E-state index contributed by atoms with van der Waals surface area (Å²) in [7, 11) is 1.33. The average molecular weight is 278 g/mol. The summed E-state index contributed by atoms with van der Waals surface area (Å²) in [6, 6.07) is 6.60. The normalized spacial score (nSPS) is 11.3. The number of azide groups is 1. The first-order valence-corrected chi connectivity index (χ1v) is 6.27. The molecule has 0 spiro atoms. The lowest BCUT2D eigenvalue weighted by atomic mass is 10.1. The van der Waals surface area contributed by atoms with Crippen LogP contribution in [0.3, 0.4) is 0 Å². The number of carbonyl (C=O) groups excluding carboxylic acids is 1. The van der Waals surface area contributed by atoms with Gasteiger partial charge < -0.3 is 14.8 Å². The van der Waals surface area contributed by atoms with Crippen molar-refractivity contribution in [2.24, 2.45) is 5.11 Å². The van der Waals surface area contributed by atoms with Gasteiger partial charge in [0.1, 0.15) is 11.8 Å². The molecule has 1 N–H and O–H groups in total. The molecule has 0 amide bonds. The molecule has 1 aromatic rings.